The van der Waals surface area contributed by atoms with Gasteiger partial charge >= 0.3 is 0 Å². The molecule has 2 fully saturated rings. The maximum absolute atomic E-state index is 4.27. The summed E-state index contributed by atoms with van der Waals surface area (Å²) in [7, 11) is 0. The van der Waals surface area contributed by atoms with Gasteiger partial charge in [0.1, 0.15) is 0 Å². The van der Waals surface area contributed by atoms with Crippen LogP contribution in [0.1, 0.15) is 31.7 Å². The molecule has 2 aliphatic rings. The monoisotopic (exact) mass is 231 g/mol. The maximum Gasteiger partial charge on any atom is 0.0442 e. The Labute approximate surface area is 103 Å². The predicted molar refractivity (Wildman–Crippen MR) is 70.1 cm³/mol. The molecule has 0 bridgehead atoms. The predicted octanol–water partition coefficient (Wildman–Crippen LogP) is 2.18. The molecule has 1 aromatic rings. The van der Waals surface area contributed by atoms with Crippen LogP contribution in [0, 0.1) is 5.92 Å². The van der Waals surface area contributed by atoms with Crippen molar-refractivity contribution in [2.45, 2.75) is 38.8 Å². The summed E-state index contributed by atoms with van der Waals surface area (Å²) in [6, 6.07) is 2.93. The largest absolute Gasteiger partial charge is 0.371 e. The van der Waals surface area contributed by atoms with E-state index in [1.165, 1.54) is 43.6 Å². The highest BCUT2D eigenvalue weighted by Gasteiger charge is 2.23. The molecule has 1 atom stereocenters. The lowest BCUT2D eigenvalue weighted by atomic mass is 10.2. The third-order valence-electron chi connectivity index (χ3n) is 3.80. The maximum atomic E-state index is 4.27. The molecule has 17 heavy (non-hydrogen) atoms. The molecule has 3 nitrogen and oxygen atoms in total. The van der Waals surface area contributed by atoms with Gasteiger partial charge in [-0.25, -0.2) is 0 Å². The second kappa shape index (κ2) is 4.65. The van der Waals surface area contributed by atoms with Gasteiger partial charge in [0.2, 0.25) is 0 Å². The Balaban J connectivity index is 1.72. The zero-order valence-electron chi connectivity index (χ0n) is 10.5. The van der Waals surface area contributed by atoms with Crippen LogP contribution in [-0.4, -0.2) is 24.1 Å². The van der Waals surface area contributed by atoms with E-state index in [0.717, 1.165) is 18.5 Å². The van der Waals surface area contributed by atoms with Crippen LogP contribution in [0.4, 0.5) is 5.69 Å². The highest BCUT2D eigenvalue weighted by molar-refractivity contribution is 5.53. The smallest absolute Gasteiger partial charge is 0.0442 e. The van der Waals surface area contributed by atoms with Crippen molar-refractivity contribution in [3.8, 4) is 0 Å². The minimum atomic E-state index is 0.764. The third-order valence-corrected chi connectivity index (χ3v) is 3.80. The molecule has 1 aliphatic carbocycles. The second-order valence-electron chi connectivity index (χ2n) is 5.50. The number of nitrogens with one attached hydrogen (secondary N) is 1. The van der Waals surface area contributed by atoms with Gasteiger partial charge in [0.05, 0.1) is 0 Å². The first-order valence-electron chi connectivity index (χ1n) is 6.74. The summed E-state index contributed by atoms with van der Waals surface area (Å²) in [6.45, 7) is 5.70. The van der Waals surface area contributed by atoms with Gasteiger partial charge in [-0.1, -0.05) is 6.92 Å². The van der Waals surface area contributed by atoms with Crippen LogP contribution in [0.15, 0.2) is 18.5 Å². The van der Waals surface area contributed by atoms with E-state index >= 15 is 0 Å². The lowest BCUT2D eigenvalue weighted by molar-refractivity contribution is 0.657. The lowest BCUT2D eigenvalue weighted by Crippen LogP contribution is -2.23. The molecule has 1 unspecified atom stereocenters. The summed E-state index contributed by atoms with van der Waals surface area (Å²) >= 11 is 0. The number of pyridine rings is 1. The Morgan fingerprint density at radius 1 is 1.41 bits per heavy atom. The molecule has 0 amide bonds. The Hall–Kier alpha value is -1.09. The summed E-state index contributed by atoms with van der Waals surface area (Å²) in [5, 5.41) is 3.58. The van der Waals surface area contributed by atoms with Gasteiger partial charge in [-0.3, -0.25) is 4.98 Å². The van der Waals surface area contributed by atoms with Gasteiger partial charge in [-0.15, -0.1) is 0 Å². The molecule has 2 heterocycles. The van der Waals surface area contributed by atoms with Gasteiger partial charge in [0, 0.05) is 49.3 Å². The second-order valence-corrected chi connectivity index (χ2v) is 5.50. The minimum Gasteiger partial charge on any atom is -0.371 e. The normalized spacial score (nSPS) is 24.3. The van der Waals surface area contributed by atoms with Gasteiger partial charge in [-0.05, 0) is 31.2 Å². The quantitative estimate of drug-likeness (QED) is 0.861. The van der Waals surface area contributed by atoms with Crippen LogP contribution in [0.3, 0.4) is 0 Å². The fourth-order valence-electron chi connectivity index (χ4n) is 2.56. The fourth-order valence-corrected chi connectivity index (χ4v) is 2.56. The molecule has 1 aromatic heterocycles. The average molecular weight is 231 g/mol. The van der Waals surface area contributed by atoms with E-state index in [2.05, 4.69) is 28.2 Å². The summed E-state index contributed by atoms with van der Waals surface area (Å²) in [5.74, 6) is 0.826. The zero-order valence-corrected chi connectivity index (χ0v) is 10.5. The van der Waals surface area contributed by atoms with Crippen LogP contribution >= 0.6 is 0 Å². The Morgan fingerprint density at radius 2 is 2.29 bits per heavy atom. The van der Waals surface area contributed by atoms with Crippen LogP contribution < -0.4 is 10.2 Å². The minimum absolute atomic E-state index is 0.764. The SMILES string of the molecule is CC1CCN(c2ccncc2CNC2CC2)C1. The molecule has 0 radical (unpaired) electrons. The van der Waals surface area contributed by atoms with Crippen molar-refractivity contribution in [2.24, 2.45) is 5.92 Å². The number of hydrogen-bond acceptors (Lipinski definition) is 3. The highest BCUT2D eigenvalue weighted by atomic mass is 15.2. The molecular weight excluding hydrogens is 210 g/mol. The first-order chi connectivity index (χ1) is 8.33. The molecule has 3 rings (SSSR count). The van der Waals surface area contributed by atoms with Crippen LogP contribution in [0.5, 0.6) is 0 Å². The molecular formula is C14H21N3. The van der Waals surface area contributed by atoms with Crippen LogP contribution in [-0.2, 0) is 6.54 Å². The molecule has 1 saturated heterocycles. The van der Waals surface area contributed by atoms with Crippen LogP contribution in [0.25, 0.3) is 0 Å². The molecule has 1 aliphatic heterocycles. The topological polar surface area (TPSA) is 28.2 Å². The van der Waals surface area contributed by atoms with Gasteiger partial charge in [0.25, 0.3) is 0 Å². The summed E-state index contributed by atoms with van der Waals surface area (Å²) in [5.41, 5.74) is 2.74. The number of hydrogen-bond donors (Lipinski definition) is 1. The summed E-state index contributed by atoms with van der Waals surface area (Å²) < 4.78 is 0. The molecule has 0 aromatic carbocycles. The van der Waals surface area contributed by atoms with E-state index in [1.807, 2.05) is 12.4 Å². The zero-order chi connectivity index (χ0) is 11.7. The van der Waals surface area contributed by atoms with E-state index < -0.39 is 0 Å². The first kappa shape index (κ1) is 11.0. The Morgan fingerprint density at radius 3 is 3.00 bits per heavy atom. The molecule has 1 saturated carbocycles. The Bertz CT molecular complexity index is 387. The number of anilines is 1. The summed E-state index contributed by atoms with van der Waals surface area (Å²) in [4.78, 5) is 6.78. The van der Waals surface area contributed by atoms with E-state index in [4.69, 9.17) is 0 Å². The molecule has 1 N–H and O–H groups in total. The first-order valence-corrected chi connectivity index (χ1v) is 6.74. The van der Waals surface area contributed by atoms with E-state index in [0.29, 0.717) is 0 Å². The van der Waals surface area contributed by atoms with E-state index in [-0.39, 0.29) is 0 Å². The molecule has 3 heteroatoms. The molecule has 0 spiro atoms. The van der Waals surface area contributed by atoms with Crippen molar-refractivity contribution < 1.29 is 0 Å². The van der Waals surface area contributed by atoms with Crippen molar-refractivity contribution in [1.82, 2.24) is 10.3 Å². The lowest BCUT2D eigenvalue weighted by Gasteiger charge is -2.21. The number of aromatic nitrogens is 1. The van der Waals surface area contributed by atoms with Gasteiger partial charge < -0.3 is 10.2 Å². The van der Waals surface area contributed by atoms with Crippen molar-refractivity contribution in [2.75, 3.05) is 18.0 Å². The van der Waals surface area contributed by atoms with Gasteiger partial charge in [-0.2, -0.15) is 0 Å². The van der Waals surface area contributed by atoms with Crippen molar-refractivity contribution in [3.05, 3.63) is 24.0 Å². The van der Waals surface area contributed by atoms with Crippen LogP contribution in [0.2, 0.25) is 0 Å². The highest BCUT2D eigenvalue weighted by Crippen LogP contribution is 2.27. The summed E-state index contributed by atoms with van der Waals surface area (Å²) in [6.07, 6.45) is 7.94. The van der Waals surface area contributed by atoms with Crippen molar-refractivity contribution >= 4 is 5.69 Å². The third kappa shape index (κ3) is 2.60. The molecule has 92 valence electrons. The van der Waals surface area contributed by atoms with E-state index in [1.54, 1.807) is 0 Å². The van der Waals surface area contributed by atoms with Crippen molar-refractivity contribution in [3.63, 3.8) is 0 Å². The van der Waals surface area contributed by atoms with Gasteiger partial charge in [0.15, 0.2) is 0 Å². The van der Waals surface area contributed by atoms with E-state index in [9.17, 15) is 0 Å². The van der Waals surface area contributed by atoms with Crippen molar-refractivity contribution in [1.29, 1.82) is 0 Å². The average Bonchev–Trinajstić information content (AvgIpc) is 3.08. The standard InChI is InChI=1S/C14H21N3/c1-11-5-7-17(10-11)14-4-6-15-8-12(14)9-16-13-2-3-13/h4,6,8,11,13,16H,2-3,5,7,9-10H2,1H3. The fraction of sp³-hybridized carbons (Fsp3) is 0.643. The number of nitrogens with zero attached hydrogens (tertiary/aromatic N) is 2. The number of rotatable bonds is 4. The Kier molecular flexibility index (Phi) is 3.02.